The molecular weight excluding hydrogens is 429 g/mol. The van der Waals surface area contributed by atoms with E-state index in [9.17, 15) is 5.11 Å². The fourth-order valence-electron chi connectivity index (χ4n) is 3.55. The maximum Gasteiger partial charge on any atom is 0.194 e. The molecule has 1 aromatic rings. The second-order valence-electron chi connectivity index (χ2n) is 6.61. The van der Waals surface area contributed by atoms with Gasteiger partial charge in [-0.2, -0.15) is 0 Å². The maximum atomic E-state index is 9.99. The van der Waals surface area contributed by atoms with Crippen LogP contribution in [0.5, 0.6) is 0 Å². The summed E-state index contributed by atoms with van der Waals surface area (Å²) in [4.78, 5) is 13.9. The molecular formula is C18H30IN5O. The number of aliphatic hydroxyl groups is 1. The zero-order valence-electron chi connectivity index (χ0n) is 15.0. The normalized spacial score (nSPS) is 24.2. The number of aliphatic imine (C=N–C) groups is 1. The van der Waals surface area contributed by atoms with Crippen LogP contribution >= 0.6 is 24.0 Å². The van der Waals surface area contributed by atoms with E-state index in [2.05, 4.69) is 33.1 Å². The smallest absolute Gasteiger partial charge is 0.194 e. The molecule has 7 heteroatoms. The van der Waals surface area contributed by atoms with E-state index in [0.29, 0.717) is 5.92 Å². The number of aromatic nitrogens is 1. The van der Waals surface area contributed by atoms with E-state index >= 15 is 0 Å². The first-order valence-corrected chi connectivity index (χ1v) is 9.15. The predicted octanol–water partition coefficient (Wildman–Crippen LogP) is 1.95. The average molecular weight is 459 g/mol. The fourth-order valence-corrected chi connectivity index (χ4v) is 3.55. The van der Waals surface area contributed by atoms with E-state index in [-0.39, 0.29) is 30.1 Å². The van der Waals surface area contributed by atoms with E-state index in [1.54, 1.807) is 0 Å². The van der Waals surface area contributed by atoms with E-state index in [4.69, 9.17) is 4.99 Å². The van der Waals surface area contributed by atoms with Crippen LogP contribution in [-0.4, -0.2) is 66.3 Å². The first kappa shape index (κ1) is 20.2. The number of pyridine rings is 1. The van der Waals surface area contributed by atoms with E-state index in [1.807, 2.05) is 18.3 Å². The second-order valence-corrected chi connectivity index (χ2v) is 6.61. The van der Waals surface area contributed by atoms with Crippen molar-refractivity contribution in [2.75, 3.05) is 44.2 Å². The Hall–Kier alpha value is -1.09. The van der Waals surface area contributed by atoms with Crippen molar-refractivity contribution in [2.45, 2.75) is 32.3 Å². The Kier molecular flexibility index (Phi) is 8.21. The molecule has 1 aliphatic heterocycles. The Morgan fingerprint density at radius 2 is 2.08 bits per heavy atom. The van der Waals surface area contributed by atoms with Gasteiger partial charge in [0.1, 0.15) is 5.82 Å². The molecule has 2 fully saturated rings. The molecule has 1 aromatic heterocycles. The number of nitrogens with zero attached hydrogens (tertiary/aromatic N) is 4. The number of hydrogen-bond donors (Lipinski definition) is 2. The van der Waals surface area contributed by atoms with Crippen LogP contribution in [0, 0.1) is 5.92 Å². The van der Waals surface area contributed by atoms with Gasteiger partial charge < -0.3 is 20.2 Å². The summed E-state index contributed by atoms with van der Waals surface area (Å²) in [6, 6.07) is 6.05. The minimum atomic E-state index is -0.169. The van der Waals surface area contributed by atoms with Crippen LogP contribution in [-0.2, 0) is 0 Å². The van der Waals surface area contributed by atoms with Crippen LogP contribution in [0.15, 0.2) is 29.4 Å². The number of halogens is 1. The summed E-state index contributed by atoms with van der Waals surface area (Å²) >= 11 is 0. The quantitative estimate of drug-likeness (QED) is 0.410. The van der Waals surface area contributed by atoms with Gasteiger partial charge in [-0.25, -0.2) is 4.98 Å². The summed E-state index contributed by atoms with van der Waals surface area (Å²) in [5.74, 6) is 2.36. The number of hydrogen-bond acceptors (Lipinski definition) is 4. The Morgan fingerprint density at radius 1 is 1.28 bits per heavy atom. The summed E-state index contributed by atoms with van der Waals surface area (Å²) in [5.41, 5.74) is 0. The molecule has 2 unspecified atom stereocenters. The molecule has 1 aliphatic carbocycles. The summed E-state index contributed by atoms with van der Waals surface area (Å²) in [5, 5.41) is 13.4. The summed E-state index contributed by atoms with van der Waals surface area (Å²) in [6.45, 7) is 7.48. The number of piperazine rings is 1. The standard InChI is InChI=1S/C18H29N5O.HI/c1-2-19-18(21-14-15-6-5-7-16(15)24)23-12-10-22(11-13-23)17-8-3-4-9-20-17;/h3-4,8-9,15-16,24H,2,5-7,10-14H2,1H3,(H,19,21);1H. The minimum Gasteiger partial charge on any atom is -0.393 e. The van der Waals surface area contributed by atoms with Crippen molar-refractivity contribution in [3.63, 3.8) is 0 Å². The zero-order chi connectivity index (χ0) is 16.8. The van der Waals surface area contributed by atoms with Gasteiger partial charge in [0.05, 0.1) is 6.10 Å². The molecule has 2 heterocycles. The van der Waals surface area contributed by atoms with Gasteiger partial charge in [-0.15, -0.1) is 24.0 Å². The van der Waals surface area contributed by atoms with Crippen LogP contribution in [0.4, 0.5) is 5.82 Å². The van der Waals surface area contributed by atoms with Gasteiger partial charge in [-0.1, -0.05) is 12.5 Å². The van der Waals surface area contributed by atoms with Gasteiger partial charge in [0, 0.05) is 51.4 Å². The molecule has 2 atom stereocenters. The lowest BCUT2D eigenvalue weighted by atomic mass is 10.1. The molecule has 6 nitrogen and oxygen atoms in total. The van der Waals surface area contributed by atoms with Crippen LogP contribution in [0.3, 0.4) is 0 Å². The maximum absolute atomic E-state index is 9.99. The Balaban J connectivity index is 0.00000225. The van der Waals surface area contributed by atoms with Gasteiger partial charge in [0.15, 0.2) is 5.96 Å². The molecule has 0 spiro atoms. The van der Waals surface area contributed by atoms with Crippen LogP contribution in [0.25, 0.3) is 0 Å². The fraction of sp³-hybridized carbons (Fsp3) is 0.667. The predicted molar refractivity (Wildman–Crippen MR) is 113 cm³/mol. The third-order valence-corrected chi connectivity index (χ3v) is 4.98. The Bertz CT molecular complexity index is 534. The molecule has 3 rings (SSSR count). The van der Waals surface area contributed by atoms with E-state index in [0.717, 1.165) is 70.3 Å². The topological polar surface area (TPSA) is 64.0 Å². The summed E-state index contributed by atoms with van der Waals surface area (Å²) < 4.78 is 0. The minimum absolute atomic E-state index is 0. The number of rotatable bonds is 4. The third kappa shape index (κ3) is 5.44. The first-order chi connectivity index (χ1) is 11.8. The van der Waals surface area contributed by atoms with E-state index in [1.165, 1.54) is 0 Å². The molecule has 2 N–H and O–H groups in total. The number of nitrogens with one attached hydrogen (secondary N) is 1. The van der Waals surface area contributed by atoms with Gasteiger partial charge in [-0.3, -0.25) is 4.99 Å². The lowest BCUT2D eigenvalue weighted by Gasteiger charge is -2.37. The van der Waals surface area contributed by atoms with Crippen LogP contribution in [0.2, 0.25) is 0 Å². The number of anilines is 1. The monoisotopic (exact) mass is 459 g/mol. The second kappa shape index (κ2) is 10.2. The molecule has 2 aliphatic rings. The highest BCUT2D eigenvalue weighted by Gasteiger charge is 2.26. The lowest BCUT2D eigenvalue weighted by Crippen LogP contribution is -2.52. The van der Waals surface area contributed by atoms with Crippen molar-refractivity contribution < 1.29 is 5.11 Å². The molecule has 1 saturated carbocycles. The molecule has 0 amide bonds. The highest BCUT2D eigenvalue weighted by atomic mass is 127. The molecule has 0 aromatic carbocycles. The molecule has 1 saturated heterocycles. The van der Waals surface area contributed by atoms with Crippen molar-refractivity contribution in [1.82, 2.24) is 15.2 Å². The molecule has 25 heavy (non-hydrogen) atoms. The van der Waals surface area contributed by atoms with Crippen molar-refractivity contribution in [3.05, 3.63) is 24.4 Å². The highest BCUT2D eigenvalue weighted by Crippen LogP contribution is 2.25. The molecule has 0 radical (unpaired) electrons. The largest absolute Gasteiger partial charge is 0.393 e. The lowest BCUT2D eigenvalue weighted by molar-refractivity contribution is 0.136. The zero-order valence-corrected chi connectivity index (χ0v) is 17.3. The summed E-state index contributed by atoms with van der Waals surface area (Å²) in [7, 11) is 0. The number of aliphatic hydroxyl groups excluding tert-OH is 1. The van der Waals surface area contributed by atoms with Crippen molar-refractivity contribution in [3.8, 4) is 0 Å². The van der Waals surface area contributed by atoms with Gasteiger partial charge >= 0.3 is 0 Å². The van der Waals surface area contributed by atoms with Crippen LogP contribution < -0.4 is 10.2 Å². The number of guanidine groups is 1. The Labute approximate surface area is 167 Å². The van der Waals surface area contributed by atoms with Crippen LogP contribution in [0.1, 0.15) is 26.2 Å². The third-order valence-electron chi connectivity index (χ3n) is 4.98. The SMILES string of the molecule is CCNC(=NCC1CCCC1O)N1CCN(c2ccccn2)CC1.I. The van der Waals surface area contributed by atoms with Gasteiger partial charge in [0.25, 0.3) is 0 Å². The van der Waals surface area contributed by atoms with Gasteiger partial charge in [-0.05, 0) is 31.9 Å². The van der Waals surface area contributed by atoms with Crippen molar-refractivity contribution in [1.29, 1.82) is 0 Å². The average Bonchev–Trinajstić information content (AvgIpc) is 3.04. The van der Waals surface area contributed by atoms with Crippen molar-refractivity contribution in [2.24, 2.45) is 10.9 Å². The highest BCUT2D eigenvalue weighted by molar-refractivity contribution is 14.0. The van der Waals surface area contributed by atoms with E-state index < -0.39 is 0 Å². The molecule has 140 valence electrons. The van der Waals surface area contributed by atoms with Gasteiger partial charge in [0.2, 0.25) is 0 Å². The Morgan fingerprint density at radius 3 is 2.68 bits per heavy atom. The van der Waals surface area contributed by atoms with Crippen molar-refractivity contribution >= 4 is 35.8 Å². The summed E-state index contributed by atoms with van der Waals surface area (Å²) in [6.07, 6.45) is 4.83. The first-order valence-electron chi connectivity index (χ1n) is 9.15. The molecule has 0 bridgehead atoms.